The van der Waals surface area contributed by atoms with Crippen molar-refractivity contribution in [2.75, 3.05) is 18.0 Å². The number of benzene rings is 1. The predicted molar refractivity (Wildman–Crippen MR) is 85.2 cm³/mol. The summed E-state index contributed by atoms with van der Waals surface area (Å²) in [5.41, 5.74) is 2.42. The van der Waals surface area contributed by atoms with Crippen LogP contribution >= 0.6 is 0 Å². The molecule has 0 bridgehead atoms. The van der Waals surface area contributed by atoms with Gasteiger partial charge in [0.25, 0.3) is 0 Å². The minimum absolute atomic E-state index is 0.584. The lowest BCUT2D eigenvalue weighted by Gasteiger charge is -2.33. The summed E-state index contributed by atoms with van der Waals surface area (Å²) in [7, 11) is 0. The monoisotopic (exact) mass is 269 g/mol. The Balaban J connectivity index is 1.93. The number of anilines is 1. The van der Waals surface area contributed by atoms with Crippen molar-refractivity contribution in [1.82, 2.24) is 10.3 Å². The van der Waals surface area contributed by atoms with Gasteiger partial charge in [0.15, 0.2) is 0 Å². The Bertz CT molecular complexity index is 564. The van der Waals surface area contributed by atoms with Crippen molar-refractivity contribution in [2.45, 2.75) is 38.8 Å². The first-order valence-corrected chi connectivity index (χ1v) is 7.59. The van der Waals surface area contributed by atoms with E-state index in [9.17, 15) is 0 Å². The Morgan fingerprint density at radius 2 is 1.80 bits per heavy atom. The molecule has 1 N–H and O–H groups in total. The van der Waals surface area contributed by atoms with Crippen LogP contribution in [0.1, 0.15) is 26.7 Å². The molecule has 0 radical (unpaired) electrons. The first-order valence-electron chi connectivity index (χ1n) is 7.59. The van der Waals surface area contributed by atoms with Gasteiger partial charge in [0, 0.05) is 42.4 Å². The van der Waals surface area contributed by atoms with Gasteiger partial charge in [-0.1, -0.05) is 6.07 Å². The molecular weight excluding hydrogens is 246 g/mol. The first-order chi connectivity index (χ1) is 9.74. The molecule has 20 heavy (non-hydrogen) atoms. The molecule has 3 heteroatoms. The minimum atomic E-state index is 0.584. The molecule has 2 heterocycles. The topological polar surface area (TPSA) is 28.2 Å². The normalized spacial score (nSPS) is 24.4. The number of nitrogens with zero attached hydrogens (tertiary/aromatic N) is 2. The highest BCUT2D eigenvalue weighted by molar-refractivity contribution is 5.91. The summed E-state index contributed by atoms with van der Waals surface area (Å²) in [6, 6.07) is 11.8. The molecule has 2 atom stereocenters. The second-order valence-corrected chi connectivity index (χ2v) is 5.88. The van der Waals surface area contributed by atoms with Crippen molar-refractivity contribution in [3.8, 4) is 0 Å². The highest BCUT2D eigenvalue weighted by atomic mass is 15.1. The van der Waals surface area contributed by atoms with Crippen molar-refractivity contribution in [1.29, 1.82) is 0 Å². The van der Waals surface area contributed by atoms with E-state index >= 15 is 0 Å². The van der Waals surface area contributed by atoms with E-state index in [-0.39, 0.29) is 0 Å². The molecule has 3 nitrogen and oxygen atoms in total. The third-order valence-corrected chi connectivity index (χ3v) is 4.20. The van der Waals surface area contributed by atoms with Crippen molar-refractivity contribution >= 4 is 16.6 Å². The van der Waals surface area contributed by atoms with Crippen LogP contribution in [-0.2, 0) is 0 Å². The van der Waals surface area contributed by atoms with E-state index in [0.29, 0.717) is 12.1 Å². The fourth-order valence-electron chi connectivity index (χ4n) is 3.07. The van der Waals surface area contributed by atoms with E-state index in [0.717, 1.165) is 18.6 Å². The average molecular weight is 269 g/mol. The van der Waals surface area contributed by atoms with Crippen molar-refractivity contribution in [3.05, 3.63) is 36.5 Å². The summed E-state index contributed by atoms with van der Waals surface area (Å²) in [4.78, 5) is 7.00. The lowest BCUT2D eigenvalue weighted by Crippen LogP contribution is -2.43. The Morgan fingerprint density at radius 3 is 2.55 bits per heavy atom. The first kappa shape index (κ1) is 13.4. The standard InChI is InChI=1S/C17H23N3/c1-13-8-11-20(12-9-14(2)19-13)17-7-3-6-16-15(17)5-4-10-18-16/h3-7,10,13-14,19H,8-9,11-12H2,1-2H3. The van der Waals surface area contributed by atoms with Crippen LogP contribution in [0.3, 0.4) is 0 Å². The van der Waals surface area contributed by atoms with Gasteiger partial charge in [-0.25, -0.2) is 0 Å². The number of aromatic nitrogens is 1. The second-order valence-electron chi connectivity index (χ2n) is 5.88. The van der Waals surface area contributed by atoms with Crippen LogP contribution in [0.5, 0.6) is 0 Å². The van der Waals surface area contributed by atoms with Gasteiger partial charge in [-0.2, -0.15) is 0 Å². The molecule has 2 unspecified atom stereocenters. The van der Waals surface area contributed by atoms with E-state index in [1.807, 2.05) is 12.3 Å². The molecular formula is C17H23N3. The van der Waals surface area contributed by atoms with Gasteiger partial charge in [-0.05, 0) is 51.0 Å². The molecule has 1 aliphatic rings. The highest BCUT2D eigenvalue weighted by Crippen LogP contribution is 2.26. The zero-order valence-corrected chi connectivity index (χ0v) is 12.3. The average Bonchev–Trinajstić information content (AvgIpc) is 2.45. The van der Waals surface area contributed by atoms with Crippen LogP contribution in [0, 0.1) is 0 Å². The number of hydrogen-bond donors (Lipinski definition) is 1. The summed E-state index contributed by atoms with van der Waals surface area (Å²) in [5, 5.41) is 4.92. The molecule has 1 aromatic carbocycles. The third-order valence-electron chi connectivity index (χ3n) is 4.20. The van der Waals surface area contributed by atoms with Crippen LogP contribution in [-0.4, -0.2) is 30.2 Å². The molecule has 3 rings (SSSR count). The van der Waals surface area contributed by atoms with Gasteiger partial charge < -0.3 is 10.2 Å². The van der Waals surface area contributed by atoms with Crippen molar-refractivity contribution < 1.29 is 0 Å². The highest BCUT2D eigenvalue weighted by Gasteiger charge is 2.17. The quantitative estimate of drug-likeness (QED) is 0.861. The summed E-state index contributed by atoms with van der Waals surface area (Å²) >= 11 is 0. The summed E-state index contributed by atoms with van der Waals surface area (Å²) in [6.45, 7) is 6.78. The maximum Gasteiger partial charge on any atom is 0.0722 e. The SMILES string of the molecule is CC1CCN(c2cccc3ncccc23)CCC(C)N1. The molecule has 106 valence electrons. The lowest BCUT2D eigenvalue weighted by molar-refractivity contribution is 0.404. The summed E-state index contributed by atoms with van der Waals surface area (Å²) in [5.74, 6) is 0. The molecule has 1 fully saturated rings. The smallest absolute Gasteiger partial charge is 0.0722 e. The van der Waals surface area contributed by atoms with Gasteiger partial charge in [-0.15, -0.1) is 0 Å². The van der Waals surface area contributed by atoms with E-state index in [4.69, 9.17) is 0 Å². The maximum atomic E-state index is 4.47. The van der Waals surface area contributed by atoms with E-state index < -0.39 is 0 Å². The van der Waals surface area contributed by atoms with E-state index in [1.54, 1.807) is 0 Å². The van der Waals surface area contributed by atoms with E-state index in [1.165, 1.54) is 23.9 Å². The Morgan fingerprint density at radius 1 is 1.05 bits per heavy atom. The largest absolute Gasteiger partial charge is 0.371 e. The maximum absolute atomic E-state index is 4.47. The van der Waals surface area contributed by atoms with Crippen LogP contribution in [0.4, 0.5) is 5.69 Å². The molecule has 0 amide bonds. The lowest BCUT2D eigenvalue weighted by atomic mass is 10.1. The Hall–Kier alpha value is -1.61. The summed E-state index contributed by atoms with van der Waals surface area (Å²) in [6.07, 6.45) is 4.23. The van der Waals surface area contributed by atoms with Gasteiger partial charge >= 0.3 is 0 Å². The molecule has 0 aliphatic carbocycles. The zero-order chi connectivity index (χ0) is 13.9. The molecule has 1 aromatic heterocycles. The van der Waals surface area contributed by atoms with Crippen molar-refractivity contribution in [3.63, 3.8) is 0 Å². The number of rotatable bonds is 1. The molecule has 0 spiro atoms. The van der Waals surface area contributed by atoms with E-state index in [2.05, 4.69) is 53.3 Å². The molecule has 1 aliphatic heterocycles. The minimum Gasteiger partial charge on any atom is -0.371 e. The van der Waals surface area contributed by atoms with Crippen LogP contribution in [0.15, 0.2) is 36.5 Å². The molecule has 1 saturated heterocycles. The molecule has 2 aromatic rings. The summed E-state index contributed by atoms with van der Waals surface area (Å²) < 4.78 is 0. The Labute approximate surface area is 121 Å². The van der Waals surface area contributed by atoms with Crippen LogP contribution in [0.2, 0.25) is 0 Å². The third kappa shape index (κ3) is 2.78. The van der Waals surface area contributed by atoms with Gasteiger partial charge in [0.05, 0.1) is 5.52 Å². The number of fused-ring (bicyclic) bond motifs is 1. The zero-order valence-electron chi connectivity index (χ0n) is 12.3. The predicted octanol–water partition coefficient (Wildman–Crippen LogP) is 3.20. The van der Waals surface area contributed by atoms with Gasteiger partial charge in [0.1, 0.15) is 0 Å². The second kappa shape index (κ2) is 5.80. The Kier molecular flexibility index (Phi) is 3.88. The number of pyridine rings is 1. The molecule has 0 saturated carbocycles. The number of hydrogen-bond acceptors (Lipinski definition) is 3. The fraction of sp³-hybridized carbons (Fsp3) is 0.471. The van der Waals surface area contributed by atoms with Crippen LogP contribution < -0.4 is 10.2 Å². The van der Waals surface area contributed by atoms with Crippen LogP contribution in [0.25, 0.3) is 10.9 Å². The van der Waals surface area contributed by atoms with Gasteiger partial charge in [0.2, 0.25) is 0 Å². The fourth-order valence-corrected chi connectivity index (χ4v) is 3.07. The van der Waals surface area contributed by atoms with Crippen molar-refractivity contribution in [2.24, 2.45) is 0 Å². The number of nitrogens with one attached hydrogen (secondary N) is 1. The van der Waals surface area contributed by atoms with Gasteiger partial charge in [-0.3, -0.25) is 4.98 Å².